The van der Waals surface area contributed by atoms with E-state index in [9.17, 15) is 0 Å². The molecule has 0 saturated heterocycles. The molecule has 7 nitrogen and oxygen atoms in total. The summed E-state index contributed by atoms with van der Waals surface area (Å²) >= 11 is 0. The molecule has 0 bridgehead atoms. The molecule has 0 unspecified atom stereocenters. The largest absolute Gasteiger partial charge is 0.491 e. The quantitative estimate of drug-likeness (QED) is 0.560. The standard InChI is InChI=1S/C20H22N6O/c1-12-11-21-13(2)20-22-16(24-26(12)20)8-9-17-23-18-15(25(17)3)7-6-14-5-4-10-27-19(14)18/h6-7,11H,4-5,8-10H2,1-3H3. The van der Waals surface area contributed by atoms with Crippen LogP contribution in [0.25, 0.3) is 16.7 Å². The fourth-order valence-corrected chi connectivity index (χ4v) is 3.81. The van der Waals surface area contributed by atoms with E-state index in [2.05, 4.69) is 38.8 Å². The van der Waals surface area contributed by atoms with Crippen LogP contribution in [0, 0.1) is 13.8 Å². The first-order valence-corrected chi connectivity index (χ1v) is 9.39. The summed E-state index contributed by atoms with van der Waals surface area (Å²) < 4.78 is 9.95. The average Bonchev–Trinajstić information content (AvgIpc) is 3.26. The fraction of sp³-hybridized carbons (Fsp3) is 0.400. The summed E-state index contributed by atoms with van der Waals surface area (Å²) in [6, 6.07) is 4.32. The maximum absolute atomic E-state index is 5.92. The molecule has 5 rings (SSSR count). The molecule has 4 heterocycles. The van der Waals surface area contributed by atoms with Gasteiger partial charge in [0.15, 0.2) is 11.5 Å². The van der Waals surface area contributed by atoms with Crippen molar-refractivity contribution in [2.75, 3.05) is 6.61 Å². The van der Waals surface area contributed by atoms with Crippen molar-refractivity contribution in [3.63, 3.8) is 0 Å². The van der Waals surface area contributed by atoms with Crippen LogP contribution in [-0.4, -0.2) is 35.7 Å². The Bertz CT molecular complexity index is 1130. The summed E-state index contributed by atoms with van der Waals surface area (Å²) in [4.78, 5) is 13.9. The van der Waals surface area contributed by atoms with E-state index >= 15 is 0 Å². The second-order valence-corrected chi connectivity index (χ2v) is 7.21. The predicted octanol–water partition coefficient (Wildman–Crippen LogP) is 2.74. The summed E-state index contributed by atoms with van der Waals surface area (Å²) in [6.45, 7) is 4.73. The maximum Gasteiger partial charge on any atom is 0.177 e. The Balaban J connectivity index is 1.47. The van der Waals surface area contributed by atoms with E-state index in [0.29, 0.717) is 0 Å². The Hall–Kier alpha value is -2.96. The zero-order valence-corrected chi connectivity index (χ0v) is 15.9. The molecule has 0 radical (unpaired) electrons. The molecule has 0 atom stereocenters. The minimum Gasteiger partial charge on any atom is -0.491 e. The van der Waals surface area contributed by atoms with Gasteiger partial charge in [-0.15, -0.1) is 0 Å². The molecule has 1 aromatic carbocycles. The summed E-state index contributed by atoms with van der Waals surface area (Å²) in [5, 5.41) is 4.65. The highest BCUT2D eigenvalue weighted by atomic mass is 16.5. The molecule has 0 spiro atoms. The fourth-order valence-electron chi connectivity index (χ4n) is 3.81. The summed E-state index contributed by atoms with van der Waals surface area (Å²) in [5.74, 6) is 2.81. The van der Waals surface area contributed by atoms with Crippen LogP contribution >= 0.6 is 0 Å². The normalized spacial score (nSPS) is 13.9. The van der Waals surface area contributed by atoms with Crippen molar-refractivity contribution < 1.29 is 4.74 Å². The molecule has 27 heavy (non-hydrogen) atoms. The van der Waals surface area contributed by atoms with Crippen LogP contribution in [0.1, 0.15) is 35.0 Å². The van der Waals surface area contributed by atoms with Crippen molar-refractivity contribution in [3.8, 4) is 5.75 Å². The smallest absolute Gasteiger partial charge is 0.177 e. The molecular weight excluding hydrogens is 340 g/mol. The van der Waals surface area contributed by atoms with E-state index in [1.165, 1.54) is 5.56 Å². The number of rotatable bonds is 3. The highest BCUT2D eigenvalue weighted by Gasteiger charge is 2.19. The Morgan fingerprint density at radius 1 is 1.15 bits per heavy atom. The molecule has 0 N–H and O–H groups in total. The number of aryl methyl sites for hydroxylation is 6. The predicted molar refractivity (Wildman–Crippen MR) is 102 cm³/mol. The molecule has 0 aliphatic carbocycles. The topological polar surface area (TPSA) is 70.1 Å². The van der Waals surface area contributed by atoms with E-state index < -0.39 is 0 Å². The Morgan fingerprint density at radius 2 is 2.04 bits per heavy atom. The molecule has 4 aromatic rings. The molecule has 138 valence electrons. The zero-order chi connectivity index (χ0) is 18.5. The number of ether oxygens (including phenoxy) is 1. The molecule has 7 heteroatoms. The van der Waals surface area contributed by atoms with Gasteiger partial charge >= 0.3 is 0 Å². The van der Waals surface area contributed by atoms with Crippen molar-refractivity contribution >= 4 is 16.7 Å². The molecule has 3 aromatic heterocycles. The minimum absolute atomic E-state index is 0.737. The lowest BCUT2D eigenvalue weighted by Crippen LogP contribution is -2.08. The Labute approximate surface area is 157 Å². The van der Waals surface area contributed by atoms with Gasteiger partial charge in [0.2, 0.25) is 0 Å². The third-order valence-corrected chi connectivity index (χ3v) is 5.34. The number of fused-ring (bicyclic) bond motifs is 4. The number of hydrogen-bond donors (Lipinski definition) is 0. The first-order valence-electron chi connectivity index (χ1n) is 9.39. The van der Waals surface area contributed by atoms with Gasteiger partial charge in [-0.3, -0.25) is 4.98 Å². The molecule has 0 amide bonds. The zero-order valence-electron chi connectivity index (χ0n) is 15.9. The third kappa shape index (κ3) is 2.57. The lowest BCUT2D eigenvalue weighted by Gasteiger charge is -2.17. The Morgan fingerprint density at radius 3 is 2.89 bits per heavy atom. The van der Waals surface area contributed by atoms with Gasteiger partial charge in [-0.25, -0.2) is 14.5 Å². The van der Waals surface area contributed by atoms with Crippen LogP contribution in [0.4, 0.5) is 0 Å². The number of hydrogen-bond acceptors (Lipinski definition) is 5. The lowest BCUT2D eigenvalue weighted by molar-refractivity contribution is 0.291. The highest BCUT2D eigenvalue weighted by molar-refractivity contribution is 5.84. The van der Waals surface area contributed by atoms with Gasteiger partial charge in [-0.2, -0.15) is 5.10 Å². The van der Waals surface area contributed by atoms with Crippen molar-refractivity contribution in [2.24, 2.45) is 7.05 Å². The van der Waals surface area contributed by atoms with Crippen molar-refractivity contribution in [1.82, 2.24) is 29.1 Å². The van der Waals surface area contributed by atoms with Gasteiger partial charge < -0.3 is 9.30 Å². The van der Waals surface area contributed by atoms with Crippen LogP contribution in [0.3, 0.4) is 0 Å². The van der Waals surface area contributed by atoms with E-state index in [1.54, 1.807) is 0 Å². The van der Waals surface area contributed by atoms with Gasteiger partial charge in [0.1, 0.15) is 17.1 Å². The maximum atomic E-state index is 5.92. The molecule has 0 fully saturated rings. The highest BCUT2D eigenvalue weighted by Crippen LogP contribution is 2.33. The lowest BCUT2D eigenvalue weighted by atomic mass is 10.1. The summed E-state index contributed by atoms with van der Waals surface area (Å²) in [5.41, 5.74) is 6.07. The first kappa shape index (κ1) is 16.2. The average molecular weight is 362 g/mol. The van der Waals surface area contributed by atoms with E-state index in [1.807, 2.05) is 24.6 Å². The van der Waals surface area contributed by atoms with Crippen LogP contribution in [0.2, 0.25) is 0 Å². The first-order chi connectivity index (χ1) is 13.1. The Kier molecular flexibility index (Phi) is 3.63. The van der Waals surface area contributed by atoms with Gasteiger partial charge in [-0.05, 0) is 38.3 Å². The van der Waals surface area contributed by atoms with Crippen LogP contribution in [-0.2, 0) is 26.3 Å². The van der Waals surface area contributed by atoms with E-state index in [-0.39, 0.29) is 0 Å². The van der Waals surface area contributed by atoms with E-state index in [0.717, 1.165) is 77.8 Å². The SMILES string of the molecule is Cc1ncc(C)n2nc(CCc3nc4c5c(ccc4n3C)CCCO5)nc12. The van der Waals surface area contributed by atoms with Crippen molar-refractivity contribution in [3.05, 3.63) is 46.9 Å². The minimum atomic E-state index is 0.737. The van der Waals surface area contributed by atoms with Crippen LogP contribution in [0.5, 0.6) is 5.75 Å². The van der Waals surface area contributed by atoms with E-state index in [4.69, 9.17) is 9.72 Å². The van der Waals surface area contributed by atoms with Crippen molar-refractivity contribution in [2.45, 2.75) is 39.5 Å². The number of aromatic nitrogens is 6. The molecule has 0 saturated carbocycles. The second-order valence-electron chi connectivity index (χ2n) is 7.21. The van der Waals surface area contributed by atoms with Gasteiger partial charge in [0.25, 0.3) is 0 Å². The van der Waals surface area contributed by atoms with Crippen LogP contribution < -0.4 is 4.74 Å². The second kappa shape index (κ2) is 6.04. The summed E-state index contributed by atoms with van der Waals surface area (Å²) in [6.07, 6.45) is 5.49. The number of benzene rings is 1. The third-order valence-electron chi connectivity index (χ3n) is 5.34. The van der Waals surface area contributed by atoms with Crippen molar-refractivity contribution in [1.29, 1.82) is 0 Å². The molecule has 1 aliphatic heterocycles. The number of nitrogens with zero attached hydrogens (tertiary/aromatic N) is 6. The molecular formula is C20H22N6O. The summed E-state index contributed by atoms with van der Waals surface area (Å²) in [7, 11) is 2.06. The van der Waals surface area contributed by atoms with Crippen LogP contribution in [0.15, 0.2) is 18.3 Å². The monoisotopic (exact) mass is 362 g/mol. The van der Waals surface area contributed by atoms with Gasteiger partial charge in [0, 0.05) is 26.1 Å². The van der Waals surface area contributed by atoms with Gasteiger partial charge in [-0.1, -0.05) is 6.07 Å². The van der Waals surface area contributed by atoms with Gasteiger partial charge in [0.05, 0.1) is 23.5 Å². The number of imidazole rings is 1. The molecule has 1 aliphatic rings.